The van der Waals surface area contributed by atoms with Crippen molar-refractivity contribution in [1.82, 2.24) is 0 Å². The lowest BCUT2D eigenvalue weighted by Gasteiger charge is -2.20. The molecule has 0 saturated carbocycles. The molecule has 1 aromatic rings. The molecule has 1 aliphatic heterocycles. The number of aliphatic carboxylic acids is 1. The largest absolute Gasteiger partial charge is 0.508 e. The maximum Gasteiger partial charge on any atom is 0.305 e. The van der Waals surface area contributed by atoms with Crippen LogP contribution in [0.5, 0.6) is 5.75 Å². The summed E-state index contributed by atoms with van der Waals surface area (Å²) >= 11 is 0. The first-order chi connectivity index (χ1) is 7.08. The summed E-state index contributed by atoms with van der Waals surface area (Å²) in [5.41, 5.74) is 2.03. The van der Waals surface area contributed by atoms with Crippen molar-refractivity contribution in [3.05, 3.63) is 23.8 Å². The number of nitrogens with zero attached hydrogens (tertiary/aromatic N) is 1. The van der Waals surface area contributed by atoms with Crippen molar-refractivity contribution >= 4 is 11.7 Å². The number of fused-ring (bicyclic) bond motifs is 1. The van der Waals surface area contributed by atoms with Gasteiger partial charge >= 0.3 is 5.97 Å². The van der Waals surface area contributed by atoms with Gasteiger partial charge < -0.3 is 15.1 Å². The van der Waals surface area contributed by atoms with Gasteiger partial charge in [0, 0.05) is 24.8 Å². The minimum absolute atomic E-state index is 0.000648. The second-order valence-corrected chi connectivity index (χ2v) is 3.88. The third-order valence-corrected chi connectivity index (χ3v) is 2.86. The number of phenolic OH excluding ortho intramolecular Hbond substituents is 1. The SMILES string of the molecule is CN1c2cc(O)ccc2CC1CC(=O)O. The monoisotopic (exact) mass is 207 g/mol. The van der Waals surface area contributed by atoms with Crippen LogP contribution in [0.1, 0.15) is 12.0 Å². The van der Waals surface area contributed by atoms with Crippen molar-refractivity contribution < 1.29 is 15.0 Å². The molecule has 0 saturated heterocycles. The van der Waals surface area contributed by atoms with E-state index >= 15 is 0 Å². The van der Waals surface area contributed by atoms with Gasteiger partial charge in [-0.2, -0.15) is 0 Å². The van der Waals surface area contributed by atoms with Crippen LogP contribution in [-0.2, 0) is 11.2 Å². The number of benzene rings is 1. The maximum absolute atomic E-state index is 10.6. The second-order valence-electron chi connectivity index (χ2n) is 3.88. The van der Waals surface area contributed by atoms with Crippen LogP contribution < -0.4 is 4.90 Å². The lowest BCUT2D eigenvalue weighted by molar-refractivity contribution is -0.137. The van der Waals surface area contributed by atoms with Gasteiger partial charge in [-0.25, -0.2) is 0 Å². The van der Waals surface area contributed by atoms with E-state index in [9.17, 15) is 9.90 Å². The molecule has 4 heteroatoms. The predicted octanol–water partition coefficient (Wildman–Crippen LogP) is 1.23. The highest BCUT2D eigenvalue weighted by molar-refractivity contribution is 5.71. The van der Waals surface area contributed by atoms with Crippen molar-refractivity contribution in [3.8, 4) is 5.75 Å². The molecule has 2 N–H and O–H groups in total. The molecule has 2 rings (SSSR count). The maximum atomic E-state index is 10.6. The Morgan fingerprint density at radius 3 is 3.00 bits per heavy atom. The molecule has 1 heterocycles. The molecule has 0 aromatic heterocycles. The fourth-order valence-electron chi connectivity index (χ4n) is 2.05. The zero-order valence-corrected chi connectivity index (χ0v) is 8.47. The highest BCUT2D eigenvalue weighted by Gasteiger charge is 2.28. The van der Waals surface area contributed by atoms with Gasteiger partial charge in [-0.3, -0.25) is 4.79 Å². The number of hydrogen-bond acceptors (Lipinski definition) is 3. The summed E-state index contributed by atoms with van der Waals surface area (Å²) in [5, 5.41) is 18.1. The van der Waals surface area contributed by atoms with Gasteiger partial charge in [0.25, 0.3) is 0 Å². The van der Waals surface area contributed by atoms with Crippen LogP contribution in [0.15, 0.2) is 18.2 Å². The van der Waals surface area contributed by atoms with Gasteiger partial charge in [0.05, 0.1) is 6.42 Å². The highest BCUT2D eigenvalue weighted by Crippen LogP contribution is 2.34. The van der Waals surface area contributed by atoms with Crippen LogP contribution in [-0.4, -0.2) is 29.3 Å². The van der Waals surface area contributed by atoms with Gasteiger partial charge in [-0.1, -0.05) is 6.07 Å². The molecule has 80 valence electrons. The van der Waals surface area contributed by atoms with Gasteiger partial charge in [0.15, 0.2) is 0 Å². The molecule has 0 radical (unpaired) electrons. The van der Waals surface area contributed by atoms with Crippen molar-refractivity contribution in [2.24, 2.45) is 0 Å². The minimum atomic E-state index is -0.788. The molecule has 0 amide bonds. The summed E-state index contributed by atoms with van der Waals surface area (Å²) in [6.07, 6.45) is 0.865. The normalized spacial score (nSPS) is 19.0. The Kier molecular flexibility index (Phi) is 2.26. The summed E-state index contributed by atoms with van der Waals surface area (Å²) in [4.78, 5) is 12.6. The standard InChI is InChI=1S/C11H13NO3/c1-12-8(5-11(14)15)4-7-2-3-9(13)6-10(7)12/h2-3,6,8,13H,4-5H2,1H3,(H,14,15). The average Bonchev–Trinajstić information content (AvgIpc) is 2.44. The molecule has 1 aliphatic rings. The van der Waals surface area contributed by atoms with Crippen LogP contribution in [0.25, 0.3) is 0 Å². The number of carboxylic acids is 1. The van der Waals surface area contributed by atoms with Gasteiger partial charge in [0.2, 0.25) is 0 Å². The first kappa shape index (κ1) is 9.83. The number of anilines is 1. The molecule has 1 atom stereocenters. The summed E-state index contributed by atoms with van der Waals surface area (Å²) in [6, 6.07) is 5.16. The summed E-state index contributed by atoms with van der Waals surface area (Å²) < 4.78 is 0. The zero-order valence-electron chi connectivity index (χ0n) is 8.47. The number of aromatic hydroxyl groups is 1. The van der Waals surface area contributed by atoms with E-state index in [-0.39, 0.29) is 18.2 Å². The number of carboxylic acid groups (broad SMARTS) is 1. The van der Waals surface area contributed by atoms with E-state index in [0.29, 0.717) is 0 Å². The Morgan fingerprint density at radius 2 is 2.33 bits per heavy atom. The molecular weight excluding hydrogens is 194 g/mol. The Bertz CT molecular complexity index is 403. The van der Waals surface area contributed by atoms with E-state index in [2.05, 4.69) is 0 Å². The molecule has 4 nitrogen and oxygen atoms in total. The van der Waals surface area contributed by atoms with Crippen molar-refractivity contribution in [2.45, 2.75) is 18.9 Å². The predicted molar refractivity (Wildman–Crippen MR) is 56.3 cm³/mol. The van der Waals surface area contributed by atoms with E-state index in [4.69, 9.17) is 5.11 Å². The van der Waals surface area contributed by atoms with Gasteiger partial charge in [0.1, 0.15) is 5.75 Å². The van der Waals surface area contributed by atoms with Crippen molar-refractivity contribution in [1.29, 1.82) is 0 Å². The molecule has 0 aliphatic carbocycles. The van der Waals surface area contributed by atoms with Crippen LogP contribution in [0.4, 0.5) is 5.69 Å². The lowest BCUT2D eigenvalue weighted by Crippen LogP contribution is -2.30. The van der Waals surface area contributed by atoms with E-state index in [0.717, 1.165) is 17.7 Å². The smallest absolute Gasteiger partial charge is 0.305 e. The minimum Gasteiger partial charge on any atom is -0.508 e. The lowest BCUT2D eigenvalue weighted by atomic mass is 10.1. The molecular formula is C11H13NO3. The second kappa shape index (κ2) is 3.46. The van der Waals surface area contributed by atoms with Crippen LogP contribution in [0.3, 0.4) is 0 Å². The Morgan fingerprint density at radius 1 is 1.60 bits per heavy atom. The molecule has 0 spiro atoms. The van der Waals surface area contributed by atoms with E-state index < -0.39 is 5.97 Å². The van der Waals surface area contributed by atoms with E-state index in [1.54, 1.807) is 12.1 Å². The number of likely N-dealkylation sites (N-methyl/N-ethyl adjacent to an activating group) is 1. The van der Waals surface area contributed by atoms with Crippen LogP contribution in [0, 0.1) is 0 Å². The van der Waals surface area contributed by atoms with Crippen molar-refractivity contribution in [3.63, 3.8) is 0 Å². The van der Waals surface area contributed by atoms with E-state index in [1.807, 2.05) is 18.0 Å². The fourth-order valence-corrected chi connectivity index (χ4v) is 2.05. The third-order valence-electron chi connectivity index (χ3n) is 2.86. The van der Waals surface area contributed by atoms with Gasteiger partial charge in [-0.05, 0) is 18.1 Å². The van der Waals surface area contributed by atoms with Crippen LogP contribution in [0.2, 0.25) is 0 Å². The fraction of sp³-hybridized carbons (Fsp3) is 0.364. The Hall–Kier alpha value is -1.71. The molecule has 0 fully saturated rings. The Labute approximate surface area is 87.8 Å². The topological polar surface area (TPSA) is 60.8 Å². The Balaban J connectivity index is 2.25. The third kappa shape index (κ3) is 1.75. The zero-order chi connectivity index (χ0) is 11.0. The number of hydrogen-bond donors (Lipinski definition) is 2. The molecule has 1 aromatic carbocycles. The number of carbonyl (C=O) groups is 1. The van der Waals surface area contributed by atoms with E-state index in [1.165, 1.54) is 0 Å². The van der Waals surface area contributed by atoms with Gasteiger partial charge in [-0.15, -0.1) is 0 Å². The van der Waals surface area contributed by atoms with Crippen LogP contribution >= 0.6 is 0 Å². The number of phenols is 1. The first-order valence-electron chi connectivity index (χ1n) is 4.84. The molecule has 0 bridgehead atoms. The summed E-state index contributed by atoms with van der Waals surface area (Å²) in [7, 11) is 1.86. The number of rotatable bonds is 2. The van der Waals surface area contributed by atoms with Crippen molar-refractivity contribution in [2.75, 3.05) is 11.9 Å². The highest BCUT2D eigenvalue weighted by atomic mass is 16.4. The summed E-state index contributed by atoms with van der Waals surface area (Å²) in [6.45, 7) is 0. The molecule has 1 unspecified atom stereocenters. The first-order valence-corrected chi connectivity index (χ1v) is 4.84. The summed E-state index contributed by atoms with van der Waals surface area (Å²) in [5.74, 6) is -0.569. The average molecular weight is 207 g/mol. The molecule has 15 heavy (non-hydrogen) atoms. The quantitative estimate of drug-likeness (QED) is 0.765.